The van der Waals surface area contributed by atoms with Crippen molar-refractivity contribution >= 4 is 0 Å². The van der Waals surface area contributed by atoms with Gasteiger partial charge in [0.15, 0.2) is 0 Å². The maximum Gasteiger partial charge on any atom is 0.0834 e. The molecule has 0 N–H and O–H groups in total. The Labute approximate surface area is 68.2 Å². The Bertz CT molecular complexity index is 134. The van der Waals surface area contributed by atoms with Gasteiger partial charge in [0.25, 0.3) is 0 Å². The van der Waals surface area contributed by atoms with Crippen molar-refractivity contribution in [3.63, 3.8) is 0 Å². The van der Waals surface area contributed by atoms with Crippen LogP contribution < -0.4 is 0 Å². The Hall–Kier alpha value is -0.0800. The first-order valence-electron chi connectivity index (χ1n) is 4.65. The molecule has 0 unspecified atom stereocenters. The minimum atomic E-state index is 0.101. The van der Waals surface area contributed by atoms with Crippen molar-refractivity contribution in [2.45, 2.75) is 25.7 Å². The third kappa shape index (κ3) is 1.30. The van der Waals surface area contributed by atoms with Crippen molar-refractivity contribution in [2.75, 3.05) is 26.2 Å². The van der Waals surface area contributed by atoms with E-state index in [1.54, 1.807) is 0 Å². The van der Waals surface area contributed by atoms with Crippen molar-refractivity contribution in [1.82, 2.24) is 4.90 Å². The second kappa shape index (κ2) is 2.76. The molecule has 1 saturated carbocycles. The summed E-state index contributed by atoms with van der Waals surface area (Å²) in [5, 5.41) is 10.2. The van der Waals surface area contributed by atoms with E-state index in [0.29, 0.717) is 0 Å². The maximum absolute atomic E-state index is 10.2. The molecular weight excluding hydrogens is 138 g/mol. The molecule has 63 valence electrons. The van der Waals surface area contributed by atoms with Crippen molar-refractivity contribution in [1.29, 1.82) is 0 Å². The molecule has 0 atom stereocenters. The maximum atomic E-state index is 10.2. The molecule has 0 amide bonds. The highest BCUT2D eigenvalue weighted by molar-refractivity contribution is 4.99. The minimum absolute atomic E-state index is 0.101. The summed E-state index contributed by atoms with van der Waals surface area (Å²) >= 11 is 0. The molecule has 2 aliphatic rings. The summed E-state index contributed by atoms with van der Waals surface area (Å²) in [4.78, 5) is 2.43. The van der Waals surface area contributed by atoms with Gasteiger partial charge in [0, 0.05) is 19.6 Å². The van der Waals surface area contributed by atoms with E-state index in [4.69, 9.17) is 0 Å². The van der Waals surface area contributed by atoms with Gasteiger partial charge in [0.1, 0.15) is 0 Å². The molecule has 1 aliphatic carbocycles. The van der Waals surface area contributed by atoms with Crippen LogP contribution >= 0.6 is 0 Å². The predicted molar refractivity (Wildman–Crippen MR) is 42.9 cm³/mol. The van der Waals surface area contributed by atoms with Crippen molar-refractivity contribution in [2.24, 2.45) is 5.41 Å². The van der Waals surface area contributed by atoms with Crippen LogP contribution in [0, 0.1) is 5.41 Å². The fourth-order valence-electron chi connectivity index (χ4n) is 2.34. The SMILES string of the molecule is [O]CCCN1CC2(CCC2)C1. The third-order valence-corrected chi connectivity index (χ3v) is 3.15. The molecule has 2 fully saturated rings. The smallest absolute Gasteiger partial charge is 0.0834 e. The summed E-state index contributed by atoms with van der Waals surface area (Å²) in [6.07, 6.45) is 5.17. The zero-order valence-electron chi connectivity index (χ0n) is 7.01. The lowest BCUT2D eigenvalue weighted by molar-refractivity contribution is -0.0621. The van der Waals surface area contributed by atoms with Crippen LogP contribution in [0.5, 0.6) is 0 Å². The normalized spacial score (nSPS) is 28.1. The number of likely N-dealkylation sites (tertiary alicyclic amines) is 1. The van der Waals surface area contributed by atoms with Crippen molar-refractivity contribution in [3.05, 3.63) is 0 Å². The molecule has 1 spiro atoms. The molecule has 0 aromatic heterocycles. The van der Waals surface area contributed by atoms with Gasteiger partial charge in [-0.15, -0.1) is 0 Å². The summed E-state index contributed by atoms with van der Waals surface area (Å²) in [6, 6.07) is 0. The molecule has 11 heavy (non-hydrogen) atoms. The average Bonchev–Trinajstić information content (AvgIpc) is 1.81. The van der Waals surface area contributed by atoms with Crippen molar-refractivity contribution in [3.8, 4) is 0 Å². The lowest BCUT2D eigenvalue weighted by Gasteiger charge is -2.56. The summed E-state index contributed by atoms with van der Waals surface area (Å²) in [5.74, 6) is 0. The first-order chi connectivity index (χ1) is 5.35. The number of hydrogen-bond acceptors (Lipinski definition) is 1. The molecule has 2 heteroatoms. The molecule has 0 bridgehead atoms. The second-order valence-corrected chi connectivity index (χ2v) is 4.12. The van der Waals surface area contributed by atoms with E-state index < -0.39 is 0 Å². The van der Waals surface area contributed by atoms with Crippen LogP contribution in [-0.2, 0) is 5.11 Å². The summed E-state index contributed by atoms with van der Waals surface area (Å²) in [6.45, 7) is 3.72. The van der Waals surface area contributed by atoms with Crippen LogP contribution in [0.2, 0.25) is 0 Å². The van der Waals surface area contributed by atoms with E-state index in [9.17, 15) is 5.11 Å². The van der Waals surface area contributed by atoms with Gasteiger partial charge < -0.3 is 4.90 Å². The zero-order chi connectivity index (χ0) is 7.73. The van der Waals surface area contributed by atoms with E-state index >= 15 is 0 Å². The van der Waals surface area contributed by atoms with Gasteiger partial charge in [-0.2, -0.15) is 0 Å². The first kappa shape index (κ1) is 7.56. The van der Waals surface area contributed by atoms with Gasteiger partial charge in [-0.25, -0.2) is 5.11 Å². The Kier molecular flexibility index (Phi) is 1.90. The lowest BCUT2D eigenvalue weighted by Crippen LogP contribution is -2.59. The molecule has 2 nitrogen and oxygen atoms in total. The molecule has 1 radical (unpaired) electrons. The minimum Gasteiger partial charge on any atom is -0.302 e. The third-order valence-electron chi connectivity index (χ3n) is 3.15. The quantitative estimate of drug-likeness (QED) is 0.600. The molecular formula is C9H16NO. The van der Waals surface area contributed by atoms with Crippen LogP contribution in [-0.4, -0.2) is 31.1 Å². The second-order valence-electron chi connectivity index (χ2n) is 4.12. The fourth-order valence-corrected chi connectivity index (χ4v) is 2.34. The Balaban J connectivity index is 1.63. The van der Waals surface area contributed by atoms with E-state index in [1.807, 2.05) is 0 Å². The van der Waals surface area contributed by atoms with E-state index in [2.05, 4.69) is 4.90 Å². The van der Waals surface area contributed by atoms with Crippen LogP contribution in [0.15, 0.2) is 0 Å². The summed E-state index contributed by atoms with van der Waals surface area (Å²) in [7, 11) is 0. The van der Waals surface area contributed by atoms with Crippen LogP contribution in [0.3, 0.4) is 0 Å². The van der Waals surface area contributed by atoms with Crippen LogP contribution in [0.4, 0.5) is 0 Å². The van der Waals surface area contributed by atoms with Crippen molar-refractivity contribution < 1.29 is 5.11 Å². The van der Waals surface area contributed by atoms with Gasteiger partial charge in [-0.1, -0.05) is 6.42 Å². The Morgan fingerprint density at radius 3 is 2.45 bits per heavy atom. The molecule has 0 aromatic carbocycles. The summed E-state index contributed by atoms with van der Waals surface area (Å²) < 4.78 is 0. The first-order valence-corrected chi connectivity index (χ1v) is 4.65. The largest absolute Gasteiger partial charge is 0.302 e. The lowest BCUT2D eigenvalue weighted by atomic mass is 9.63. The number of rotatable bonds is 3. The average molecular weight is 154 g/mol. The highest BCUT2D eigenvalue weighted by Gasteiger charge is 2.46. The number of hydrogen-bond donors (Lipinski definition) is 0. The molecule has 1 heterocycles. The van der Waals surface area contributed by atoms with Crippen LogP contribution in [0.1, 0.15) is 25.7 Å². The molecule has 1 saturated heterocycles. The summed E-state index contributed by atoms with van der Waals surface area (Å²) in [5.41, 5.74) is 0.739. The Morgan fingerprint density at radius 2 is 2.00 bits per heavy atom. The number of nitrogens with zero attached hydrogens (tertiary/aromatic N) is 1. The van der Waals surface area contributed by atoms with Gasteiger partial charge in [-0.05, 0) is 24.7 Å². The Morgan fingerprint density at radius 1 is 1.27 bits per heavy atom. The van der Waals surface area contributed by atoms with E-state index in [0.717, 1.165) is 18.4 Å². The van der Waals surface area contributed by atoms with Gasteiger partial charge in [0.2, 0.25) is 0 Å². The topological polar surface area (TPSA) is 23.1 Å². The van der Waals surface area contributed by atoms with Gasteiger partial charge in [-0.3, -0.25) is 0 Å². The molecule has 0 aromatic rings. The zero-order valence-corrected chi connectivity index (χ0v) is 7.01. The van der Waals surface area contributed by atoms with E-state index in [1.165, 1.54) is 32.4 Å². The highest BCUT2D eigenvalue weighted by Crippen LogP contribution is 2.47. The fraction of sp³-hybridized carbons (Fsp3) is 1.00. The highest BCUT2D eigenvalue weighted by atomic mass is 16.3. The van der Waals surface area contributed by atoms with Gasteiger partial charge in [0.05, 0.1) is 6.61 Å². The predicted octanol–water partition coefficient (Wildman–Crippen LogP) is 1.29. The van der Waals surface area contributed by atoms with Gasteiger partial charge >= 0.3 is 0 Å². The standard InChI is InChI=1S/C9H16NO/c11-6-2-5-10-7-9(8-10)3-1-4-9/h1-8H2. The molecule has 2 rings (SSSR count). The van der Waals surface area contributed by atoms with E-state index in [-0.39, 0.29) is 6.61 Å². The molecule has 1 aliphatic heterocycles. The monoisotopic (exact) mass is 154 g/mol. The van der Waals surface area contributed by atoms with Crippen LogP contribution in [0.25, 0.3) is 0 Å².